The van der Waals surface area contributed by atoms with Crippen molar-refractivity contribution in [2.24, 2.45) is 11.5 Å². The molecule has 1 radical (unpaired) electrons. The lowest BCUT2D eigenvalue weighted by molar-refractivity contribution is -0.0871. The van der Waals surface area contributed by atoms with Crippen molar-refractivity contribution >= 4 is 0 Å². The van der Waals surface area contributed by atoms with Crippen molar-refractivity contribution in [2.75, 3.05) is 32.8 Å². The van der Waals surface area contributed by atoms with Gasteiger partial charge in [0.2, 0.25) is 6.23 Å². The van der Waals surface area contributed by atoms with E-state index in [0.29, 0.717) is 26.3 Å². The molecule has 0 aromatic carbocycles. The first-order valence-electron chi connectivity index (χ1n) is 4.18. The second kappa shape index (κ2) is 4.32. The molecule has 1 aliphatic heterocycles. The molecule has 0 aliphatic carbocycles. The van der Waals surface area contributed by atoms with Crippen molar-refractivity contribution in [1.29, 1.82) is 0 Å². The lowest BCUT2D eigenvalue weighted by Crippen LogP contribution is -2.59. The number of nitrogens with zero attached hydrogens (tertiary/aromatic N) is 1. The molecular weight excluding hydrogens is 174 g/mol. The Morgan fingerprint density at radius 3 is 2.46 bits per heavy atom. The number of hydrogen-bond acceptors (Lipinski definition) is 6. The van der Waals surface area contributed by atoms with E-state index < -0.39 is 5.72 Å². The fraction of sp³-hybridized carbons (Fsp3) is 0.857. The molecule has 77 valence electrons. The highest BCUT2D eigenvalue weighted by atomic mass is 16.5. The van der Waals surface area contributed by atoms with Crippen LogP contribution in [0.25, 0.3) is 0 Å². The van der Waals surface area contributed by atoms with Crippen LogP contribution in [0.2, 0.25) is 0 Å². The van der Waals surface area contributed by atoms with Crippen LogP contribution in [-0.4, -0.2) is 53.7 Å². The molecule has 1 heterocycles. The van der Waals surface area contributed by atoms with Crippen LogP contribution >= 0.6 is 0 Å². The zero-order chi connectivity index (χ0) is 9.90. The summed E-state index contributed by atoms with van der Waals surface area (Å²) in [6, 6.07) is 0. The van der Waals surface area contributed by atoms with Gasteiger partial charge in [-0.15, -0.1) is 0 Å². The number of morpholine rings is 1. The highest BCUT2D eigenvalue weighted by Gasteiger charge is 2.36. The average molecular weight is 190 g/mol. The standard InChI is InChI=1S/C7H16N3O3/c8-5-7(9,12)6(11)10-1-3-13-4-2-10/h11-12H,1-5,8-9H2. The lowest BCUT2D eigenvalue weighted by atomic mass is 10.1. The first-order chi connectivity index (χ1) is 6.08. The van der Waals surface area contributed by atoms with E-state index in [-0.39, 0.29) is 12.8 Å². The molecule has 1 atom stereocenters. The lowest BCUT2D eigenvalue weighted by Gasteiger charge is -2.36. The van der Waals surface area contributed by atoms with Crippen molar-refractivity contribution in [3.8, 4) is 0 Å². The molecule has 0 aromatic rings. The first kappa shape index (κ1) is 10.8. The molecule has 6 nitrogen and oxygen atoms in total. The van der Waals surface area contributed by atoms with Gasteiger partial charge in [0.25, 0.3) is 0 Å². The van der Waals surface area contributed by atoms with Gasteiger partial charge < -0.3 is 20.7 Å². The molecule has 0 bridgehead atoms. The minimum atomic E-state index is -1.82. The van der Waals surface area contributed by atoms with E-state index in [1.807, 2.05) is 0 Å². The third kappa shape index (κ3) is 2.60. The summed E-state index contributed by atoms with van der Waals surface area (Å²) in [5.41, 5.74) is 8.73. The topological polar surface area (TPSA) is 105 Å². The first-order valence-corrected chi connectivity index (χ1v) is 4.18. The van der Waals surface area contributed by atoms with Crippen LogP contribution in [-0.2, 0) is 4.74 Å². The van der Waals surface area contributed by atoms with E-state index in [0.717, 1.165) is 0 Å². The summed E-state index contributed by atoms with van der Waals surface area (Å²) in [7, 11) is 0. The monoisotopic (exact) mass is 190 g/mol. The molecule has 0 amide bonds. The average Bonchev–Trinajstić information content (AvgIpc) is 2.18. The summed E-state index contributed by atoms with van der Waals surface area (Å²) >= 11 is 0. The summed E-state index contributed by atoms with van der Waals surface area (Å²) in [5, 5.41) is 19.0. The van der Waals surface area contributed by atoms with E-state index in [2.05, 4.69) is 0 Å². The Balaban J connectivity index is 2.49. The fourth-order valence-corrected chi connectivity index (χ4v) is 1.14. The number of aliphatic hydroxyl groups excluding tert-OH is 1. The van der Waals surface area contributed by atoms with E-state index >= 15 is 0 Å². The maximum Gasteiger partial charge on any atom is 0.210 e. The molecule has 6 N–H and O–H groups in total. The van der Waals surface area contributed by atoms with Crippen molar-refractivity contribution in [2.45, 2.75) is 5.72 Å². The maximum absolute atomic E-state index is 9.53. The Hall–Kier alpha value is -0.240. The van der Waals surface area contributed by atoms with E-state index in [4.69, 9.17) is 16.2 Å². The largest absolute Gasteiger partial charge is 0.379 e. The maximum atomic E-state index is 9.53. The van der Waals surface area contributed by atoms with Gasteiger partial charge in [-0.1, -0.05) is 0 Å². The molecule has 1 saturated heterocycles. The summed E-state index contributed by atoms with van der Waals surface area (Å²) in [6.45, 7) is 1.86. The van der Waals surface area contributed by atoms with Crippen LogP contribution in [0, 0.1) is 6.23 Å². The minimum Gasteiger partial charge on any atom is -0.379 e. The van der Waals surface area contributed by atoms with E-state index in [1.54, 1.807) is 4.90 Å². The fourth-order valence-electron chi connectivity index (χ4n) is 1.14. The van der Waals surface area contributed by atoms with Crippen LogP contribution in [0.1, 0.15) is 0 Å². The normalized spacial score (nSPS) is 24.7. The molecule has 1 rings (SSSR count). The number of aliphatic hydroxyl groups is 2. The van der Waals surface area contributed by atoms with Gasteiger partial charge in [0.05, 0.1) is 13.2 Å². The Labute approximate surface area is 77.1 Å². The van der Waals surface area contributed by atoms with Crippen LogP contribution in [0.4, 0.5) is 0 Å². The predicted molar refractivity (Wildman–Crippen MR) is 45.8 cm³/mol. The number of rotatable bonds is 3. The molecule has 1 fully saturated rings. The SMILES string of the molecule is NCC(N)(O)[C](O)N1CCOCC1. The summed E-state index contributed by atoms with van der Waals surface area (Å²) in [6.07, 6.45) is -0.279. The molecule has 6 heteroatoms. The molecule has 1 aliphatic rings. The quantitative estimate of drug-likeness (QED) is 0.376. The van der Waals surface area contributed by atoms with Crippen molar-refractivity contribution < 1.29 is 14.9 Å². The molecule has 0 saturated carbocycles. The van der Waals surface area contributed by atoms with Gasteiger partial charge in [-0.25, -0.2) is 0 Å². The Kier molecular flexibility index (Phi) is 3.60. The minimum absolute atomic E-state index is 0.212. The van der Waals surface area contributed by atoms with Gasteiger partial charge in [0.15, 0.2) is 5.72 Å². The highest BCUT2D eigenvalue weighted by molar-refractivity contribution is 4.96. The van der Waals surface area contributed by atoms with Crippen molar-refractivity contribution in [3.63, 3.8) is 0 Å². The second-order valence-electron chi connectivity index (χ2n) is 3.05. The molecule has 0 spiro atoms. The Bertz CT molecular complexity index is 159. The van der Waals surface area contributed by atoms with Gasteiger partial charge >= 0.3 is 0 Å². The van der Waals surface area contributed by atoms with E-state index in [1.165, 1.54) is 0 Å². The number of nitrogens with two attached hydrogens (primary N) is 2. The van der Waals surface area contributed by atoms with Crippen LogP contribution in [0.5, 0.6) is 0 Å². The van der Waals surface area contributed by atoms with Crippen molar-refractivity contribution in [1.82, 2.24) is 4.90 Å². The van der Waals surface area contributed by atoms with Crippen molar-refractivity contribution in [3.05, 3.63) is 6.23 Å². The smallest absolute Gasteiger partial charge is 0.210 e. The van der Waals surface area contributed by atoms with Crippen LogP contribution in [0.3, 0.4) is 0 Å². The zero-order valence-electron chi connectivity index (χ0n) is 7.44. The predicted octanol–water partition coefficient (Wildman–Crippen LogP) is -2.21. The summed E-state index contributed by atoms with van der Waals surface area (Å²) in [5.74, 6) is 0. The molecule has 1 unspecified atom stereocenters. The van der Waals surface area contributed by atoms with Gasteiger partial charge in [-0.05, 0) is 0 Å². The Morgan fingerprint density at radius 1 is 1.46 bits per heavy atom. The summed E-state index contributed by atoms with van der Waals surface area (Å²) in [4.78, 5) is 1.57. The number of ether oxygens (including phenoxy) is 1. The number of hydrogen-bond donors (Lipinski definition) is 4. The summed E-state index contributed by atoms with van der Waals surface area (Å²) < 4.78 is 5.08. The molecule has 0 aromatic heterocycles. The van der Waals surface area contributed by atoms with Gasteiger partial charge in [0, 0.05) is 19.6 Å². The second-order valence-corrected chi connectivity index (χ2v) is 3.05. The van der Waals surface area contributed by atoms with Crippen LogP contribution in [0.15, 0.2) is 0 Å². The van der Waals surface area contributed by atoms with Crippen LogP contribution < -0.4 is 11.5 Å². The van der Waals surface area contributed by atoms with Gasteiger partial charge in [0.1, 0.15) is 0 Å². The molecule has 13 heavy (non-hydrogen) atoms. The third-order valence-corrected chi connectivity index (χ3v) is 2.01. The highest BCUT2D eigenvalue weighted by Crippen LogP contribution is 2.16. The zero-order valence-corrected chi connectivity index (χ0v) is 7.44. The van der Waals surface area contributed by atoms with Gasteiger partial charge in [-0.3, -0.25) is 10.6 Å². The Morgan fingerprint density at radius 2 is 2.00 bits per heavy atom. The molecular formula is C7H16N3O3. The van der Waals surface area contributed by atoms with E-state index in [9.17, 15) is 10.2 Å². The van der Waals surface area contributed by atoms with Gasteiger partial charge in [-0.2, -0.15) is 0 Å². The third-order valence-electron chi connectivity index (χ3n) is 2.01.